The number of unbranched alkanes of at least 4 members (excludes halogenated alkanes) is 5. The maximum atomic E-state index is 5.34. The molecule has 0 aromatic rings. The van der Waals surface area contributed by atoms with Crippen LogP contribution in [0.2, 0.25) is 0 Å². The molecule has 0 aromatic heterocycles. The van der Waals surface area contributed by atoms with E-state index < -0.39 is 0 Å². The summed E-state index contributed by atoms with van der Waals surface area (Å²) in [5.41, 5.74) is 5.34. The number of hydrogen-bond donors (Lipinski definition) is 1. The van der Waals surface area contributed by atoms with E-state index in [9.17, 15) is 0 Å². The fourth-order valence-electron chi connectivity index (χ4n) is 0.925. The van der Waals surface area contributed by atoms with Crippen LogP contribution >= 0.6 is 0 Å². The first-order chi connectivity index (χ1) is 4.41. The van der Waals surface area contributed by atoms with Crippen LogP contribution < -0.4 is 5.73 Å². The summed E-state index contributed by atoms with van der Waals surface area (Å²) in [5.74, 6) is 0. The molecule has 2 N–H and O–H groups in total. The molecular weight excluding hydrogens is 218 g/mol. The summed E-state index contributed by atoms with van der Waals surface area (Å²) in [6.07, 6.45) is 8.05. The average Bonchev–Trinajstić information content (AvgIpc) is 1.89. The fourth-order valence-corrected chi connectivity index (χ4v) is 0.925. The largest absolute Gasteiger partial charge is 0.330 e. The van der Waals surface area contributed by atoms with Crippen molar-refractivity contribution >= 4 is 0 Å². The van der Waals surface area contributed by atoms with E-state index in [2.05, 4.69) is 6.92 Å². The van der Waals surface area contributed by atoms with Gasteiger partial charge in [-0.2, -0.15) is 0 Å². The Bertz CT molecular complexity index is 42.5. The van der Waals surface area contributed by atoms with Crippen LogP contribution in [0.5, 0.6) is 0 Å². The van der Waals surface area contributed by atoms with Gasteiger partial charge in [-0.15, -0.1) is 0 Å². The minimum atomic E-state index is 0. The van der Waals surface area contributed by atoms with Gasteiger partial charge in [-0.25, -0.2) is 0 Å². The Morgan fingerprint density at radius 3 is 1.90 bits per heavy atom. The molecule has 0 atom stereocenters. The van der Waals surface area contributed by atoms with E-state index in [0.717, 1.165) is 6.54 Å². The van der Waals surface area contributed by atoms with Gasteiger partial charge in [0.05, 0.1) is 0 Å². The summed E-state index contributed by atoms with van der Waals surface area (Å²) >= 11 is 0. The molecule has 10 heavy (non-hydrogen) atoms. The minimum Gasteiger partial charge on any atom is -0.330 e. The molecule has 0 aromatic carbocycles. The standard InChI is InChI=1S/C8H19N.Ag/c1-2-3-4-5-6-7-8-9;/h2-9H2,1H3;. The Balaban J connectivity index is 0. The predicted molar refractivity (Wildman–Crippen MR) is 42.4 cm³/mol. The van der Waals surface area contributed by atoms with E-state index in [-0.39, 0.29) is 22.4 Å². The van der Waals surface area contributed by atoms with Crippen molar-refractivity contribution in [3.63, 3.8) is 0 Å². The molecule has 0 rings (SSSR count). The molecule has 0 heterocycles. The van der Waals surface area contributed by atoms with E-state index in [1.807, 2.05) is 0 Å². The molecule has 0 bridgehead atoms. The van der Waals surface area contributed by atoms with Crippen LogP contribution in [0.15, 0.2) is 0 Å². The van der Waals surface area contributed by atoms with Gasteiger partial charge in [0.15, 0.2) is 0 Å². The second kappa shape index (κ2) is 12.4. The van der Waals surface area contributed by atoms with E-state index in [0.29, 0.717) is 0 Å². The van der Waals surface area contributed by atoms with E-state index in [1.54, 1.807) is 0 Å². The van der Waals surface area contributed by atoms with E-state index in [1.165, 1.54) is 38.5 Å². The summed E-state index contributed by atoms with van der Waals surface area (Å²) in [4.78, 5) is 0. The minimum absolute atomic E-state index is 0. The van der Waals surface area contributed by atoms with Crippen molar-refractivity contribution in [2.45, 2.75) is 45.4 Å². The smallest absolute Gasteiger partial charge is 0 e. The Hall–Kier alpha value is 0.700. The van der Waals surface area contributed by atoms with Gasteiger partial charge in [-0.3, -0.25) is 0 Å². The molecule has 1 nitrogen and oxygen atoms in total. The Labute approximate surface area is 80.3 Å². The van der Waals surface area contributed by atoms with Crippen LogP contribution in [0.25, 0.3) is 0 Å². The van der Waals surface area contributed by atoms with Gasteiger partial charge in [0.1, 0.15) is 0 Å². The molecule has 67 valence electrons. The normalized spacial score (nSPS) is 9.00. The van der Waals surface area contributed by atoms with Crippen LogP contribution in [0, 0.1) is 0 Å². The van der Waals surface area contributed by atoms with Crippen LogP contribution in [-0.2, 0) is 22.4 Å². The van der Waals surface area contributed by atoms with Gasteiger partial charge < -0.3 is 5.73 Å². The first kappa shape index (κ1) is 13.3. The topological polar surface area (TPSA) is 26.0 Å². The first-order valence-corrected chi connectivity index (χ1v) is 4.12. The Morgan fingerprint density at radius 2 is 1.40 bits per heavy atom. The molecule has 0 saturated heterocycles. The van der Waals surface area contributed by atoms with Gasteiger partial charge >= 0.3 is 0 Å². The van der Waals surface area contributed by atoms with Crippen LogP contribution in [-0.4, -0.2) is 6.54 Å². The summed E-state index contributed by atoms with van der Waals surface area (Å²) < 4.78 is 0. The Kier molecular flexibility index (Phi) is 16.5. The van der Waals surface area contributed by atoms with Crippen molar-refractivity contribution in [1.82, 2.24) is 0 Å². The predicted octanol–water partition coefficient (Wildman–Crippen LogP) is 2.30. The van der Waals surface area contributed by atoms with Crippen LogP contribution in [0.4, 0.5) is 0 Å². The zero-order valence-corrected chi connectivity index (χ0v) is 8.31. The summed E-state index contributed by atoms with van der Waals surface area (Å²) in [5, 5.41) is 0. The van der Waals surface area contributed by atoms with Crippen molar-refractivity contribution in [1.29, 1.82) is 0 Å². The van der Waals surface area contributed by atoms with Crippen molar-refractivity contribution in [3.8, 4) is 0 Å². The van der Waals surface area contributed by atoms with Crippen LogP contribution in [0.1, 0.15) is 45.4 Å². The third-order valence-corrected chi connectivity index (χ3v) is 1.56. The zero-order chi connectivity index (χ0) is 6.95. The van der Waals surface area contributed by atoms with Gasteiger partial charge in [0.25, 0.3) is 0 Å². The first-order valence-electron chi connectivity index (χ1n) is 4.12. The second-order valence-electron chi connectivity index (χ2n) is 2.56. The molecule has 0 aliphatic carbocycles. The summed E-state index contributed by atoms with van der Waals surface area (Å²) in [7, 11) is 0. The summed E-state index contributed by atoms with van der Waals surface area (Å²) in [6, 6.07) is 0. The van der Waals surface area contributed by atoms with Gasteiger partial charge in [-0.1, -0.05) is 39.0 Å². The summed E-state index contributed by atoms with van der Waals surface area (Å²) in [6.45, 7) is 3.11. The van der Waals surface area contributed by atoms with E-state index >= 15 is 0 Å². The number of hydrogen-bond acceptors (Lipinski definition) is 1. The van der Waals surface area contributed by atoms with Crippen molar-refractivity contribution in [3.05, 3.63) is 0 Å². The third-order valence-electron chi connectivity index (χ3n) is 1.56. The quantitative estimate of drug-likeness (QED) is 0.556. The van der Waals surface area contributed by atoms with E-state index in [4.69, 9.17) is 5.73 Å². The van der Waals surface area contributed by atoms with Crippen molar-refractivity contribution in [2.75, 3.05) is 6.54 Å². The van der Waals surface area contributed by atoms with Gasteiger partial charge in [0, 0.05) is 22.4 Å². The van der Waals surface area contributed by atoms with Crippen LogP contribution in [0.3, 0.4) is 0 Å². The molecule has 2 heteroatoms. The molecule has 0 aliphatic heterocycles. The number of nitrogens with two attached hydrogens (primary N) is 1. The number of rotatable bonds is 6. The second-order valence-corrected chi connectivity index (χ2v) is 2.56. The molecule has 0 saturated carbocycles. The monoisotopic (exact) mass is 236 g/mol. The molecular formula is C8H19AgN. The Morgan fingerprint density at radius 1 is 0.900 bits per heavy atom. The molecule has 0 spiro atoms. The molecule has 0 aliphatic rings. The molecule has 0 amide bonds. The molecule has 1 radical (unpaired) electrons. The average molecular weight is 237 g/mol. The van der Waals surface area contributed by atoms with Gasteiger partial charge in [-0.05, 0) is 13.0 Å². The van der Waals surface area contributed by atoms with Crippen molar-refractivity contribution < 1.29 is 22.4 Å². The molecule has 0 unspecified atom stereocenters. The maximum absolute atomic E-state index is 5.34. The van der Waals surface area contributed by atoms with Crippen molar-refractivity contribution in [2.24, 2.45) is 5.73 Å². The molecule has 0 fully saturated rings. The zero-order valence-electron chi connectivity index (χ0n) is 6.83. The SMILES string of the molecule is CCCCCCCCN.[Ag]. The maximum Gasteiger partial charge on any atom is 0 e. The fraction of sp³-hybridized carbons (Fsp3) is 1.00. The third kappa shape index (κ3) is 11.5. The van der Waals surface area contributed by atoms with Gasteiger partial charge in [0.2, 0.25) is 0 Å².